The monoisotopic (exact) mass is 256 g/mol. The van der Waals surface area contributed by atoms with Gasteiger partial charge in [0, 0.05) is 18.3 Å². The molecule has 3 nitrogen and oxygen atoms in total. The van der Waals surface area contributed by atoms with Crippen LogP contribution in [0, 0.1) is 13.8 Å². The molecule has 0 saturated heterocycles. The highest BCUT2D eigenvalue weighted by molar-refractivity contribution is 5.38. The minimum Gasteiger partial charge on any atom is -0.439 e. The highest BCUT2D eigenvalue weighted by Crippen LogP contribution is 2.24. The molecule has 1 aromatic heterocycles. The number of benzene rings is 1. The molecule has 2 aromatic rings. The van der Waals surface area contributed by atoms with E-state index in [1.807, 2.05) is 45.2 Å². The van der Waals surface area contributed by atoms with E-state index in [0.717, 1.165) is 23.3 Å². The highest BCUT2D eigenvalue weighted by atomic mass is 16.5. The molecule has 1 unspecified atom stereocenters. The van der Waals surface area contributed by atoms with Gasteiger partial charge in [-0.15, -0.1) is 0 Å². The van der Waals surface area contributed by atoms with Crippen molar-refractivity contribution in [3.63, 3.8) is 0 Å². The molecule has 0 fully saturated rings. The summed E-state index contributed by atoms with van der Waals surface area (Å²) < 4.78 is 5.81. The zero-order valence-electron chi connectivity index (χ0n) is 11.7. The van der Waals surface area contributed by atoms with E-state index in [2.05, 4.69) is 17.1 Å². The van der Waals surface area contributed by atoms with Crippen LogP contribution in [0.15, 0.2) is 36.5 Å². The lowest BCUT2D eigenvalue weighted by atomic mass is 10.1. The van der Waals surface area contributed by atoms with E-state index < -0.39 is 0 Å². The average Bonchev–Trinajstić information content (AvgIpc) is 2.35. The number of aromatic nitrogens is 1. The van der Waals surface area contributed by atoms with Crippen molar-refractivity contribution in [1.82, 2.24) is 4.98 Å². The maximum atomic E-state index is 5.81. The Balaban J connectivity index is 2.13. The highest BCUT2D eigenvalue weighted by Gasteiger charge is 2.04. The number of rotatable bonds is 4. The predicted molar refractivity (Wildman–Crippen MR) is 77.6 cm³/mol. The molecular weight excluding hydrogens is 236 g/mol. The molecule has 0 radical (unpaired) electrons. The van der Waals surface area contributed by atoms with Gasteiger partial charge in [0.05, 0.1) is 0 Å². The summed E-state index contributed by atoms with van der Waals surface area (Å²) in [5, 5.41) is 0. The summed E-state index contributed by atoms with van der Waals surface area (Å²) in [4.78, 5) is 4.32. The molecular formula is C16H20N2O. The van der Waals surface area contributed by atoms with Crippen LogP contribution >= 0.6 is 0 Å². The SMILES string of the molecule is Cc1ccc(C)c(Oc2ccc(CC(C)N)cn2)c1. The van der Waals surface area contributed by atoms with E-state index in [9.17, 15) is 0 Å². The molecule has 0 aliphatic carbocycles. The summed E-state index contributed by atoms with van der Waals surface area (Å²) in [7, 11) is 0. The van der Waals surface area contributed by atoms with Gasteiger partial charge in [-0.1, -0.05) is 18.2 Å². The van der Waals surface area contributed by atoms with Crippen LogP contribution in [0.1, 0.15) is 23.6 Å². The van der Waals surface area contributed by atoms with Gasteiger partial charge in [-0.05, 0) is 49.9 Å². The molecule has 1 aromatic carbocycles. The van der Waals surface area contributed by atoms with E-state index >= 15 is 0 Å². The molecule has 2 N–H and O–H groups in total. The van der Waals surface area contributed by atoms with Crippen LogP contribution in [0.25, 0.3) is 0 Å². The van der Waals surface area contributed by atoms with Gasteiger partial charge in [-0.25, -0.2) is 4.98 Å². The normalized spacial score (nSPS) is 12.2. The minimum absolute atomic E-state index is 0.146. The van der Waals surface area contributed by atoms with Crippen LogP contribution in [-0.4, -0.2) is 11.0 Å². The first kappa shape index (κ1) is 13.6. The summed E-state index contributed by atoms with van der Waals surface area (Å²) in [6.07, 6.45) is 2.65. The van der Waals surface area contributed by atoms with Crippen LogP contribution in [0.2, 0.25) is 0 Å². The average molecular weight is 256 g/mol. The van der Waals surface area contributed by atoms with Crippen LogP contribution in [0.5, 0.6) is 11.6 Å². The second-order valence-corrected chi connectivity index (χ2v) is 5.06. The fourth-order valence-electron chi connectivity index (χ4n) is 1.89. The van der Waals surface area contributed by atoms with Crippen molar-refractivity contribution in [2.24, 2.45) is 5.73 Å². The third-order valence-corrected chi connectivity index (χ3v) is 2.91. The van der Waals surface area contributed by atoms with E-state index in [0.29, 0.717) is 5.88 Å². The zero-order chi connectivity index (χ0) is 13.8. The summed E-state index contributed by atoms with van der Waals surface area (Å²) >= 11 is 0. The van der Waals surface area contributed by atoms with E-state index in [1.165, 1.54) is 5.56 Å². The van der Waals surface area contributed by atoms with Crippen molar-refractivity contribution in [3.8, 4) is 11.6 Å². The number of ether oxygens (including phenoxy) is 1. The standard InChI is InChI=1S/C16H20N2O/c1-11-4-5-12(2)15(8-11)19-16-7-6-14(10-18-16)9-13(3)17/h4-8,10,13H,9,17H2,1-3H3. The Bertz CT molecular complexity index is 547. The van der Waals surface area contributed by atoms with E-state index in [1.54, 1.807) is 0 Å². The van der Waals surface area contributed by atoms with Crippen molar-refractivity contribution in [3.05, 3.63) is 53.2 Å². The van der Waals surface area contributed by atoms with Crippen molar-refractivity contribution in [2.45, 2.75) is 33.2 Å². The lowest BCUT2D eigenvalue weighted by Crippen LogP contribution is -2.17. The van der Waals surface area contributed by atoms with Crippen molar-refractivity contribution in [1.29, 1.82) is 0 Å². The summed E-state index contributed by atoms with van der Waals surface area (Å²) in [5.74, 6) is 1.47. The summed E-state index contributed by atoms with van der Waals surface area (Å²) in [6.45, 7) is 6.06. The van der Waals surface area contributed by atoms with Crippen LogP contribution in [0.3, 0.4) is 0 Å². The number of aryl methyl sites for hydroxylation is 2. The number of hydrogen-bond donors (Lipinski definition) is 1. The molecule has 3 heteroatoms. The maximum Gasteiger partial charge on any atom is 0.219 e. The molecule has 0 aliphatic rings. The molecule has 0 spiro atoms. The number of hydrogen-bond acceptors (Lipinski definition) is 3. The number of nitrogens with zero attached hydrogens (tertiary/aromatic N) is 1. The van der Waals surface area contributed by atoms with E-state index in [-0.39, 0.29) is 6.04 Å². The molecule has 0 saturated carbocycles. The van der Waals surface area contributed by atoms with Gasteiger partial charge in [0.2, 0.25) is 5.88 Å². The Morgan fingerprint density at radius 2 is 2.00 bits per heavy atom. The molecule has 1 atom stereocenters. The first-order valence-corrected chi connectivity index (χ1v) is 6.50. The van der Waals surface area contributed by atoms with Gasteiger partial charge in [0.15, 0.2) is 0 Å². The fraction of sp³-hybridized carbons (Fsp3) is 0.312. The number of pyridine rings is 1. The Morgan fingerprint density at radius 1 is 1.21 bits per heavy atom. The Labute approximate surface area is 114 Å². The van der Waals surface area contributed by atoms with Gasteiger partial charge in [0.25, 0.3) is 0 Å². The Morgan fingerprint density at radius 3 is 2.63 bits per heavy atom. The van der Waals surface area contributed by atoms with Gasteiger partial charge in [-0.2, -0.15) is 0 Å². The van der Waals surface area contributed by atoms with Crippen molar-refractivity contribution in [2.75, 3.05) is 0 Å². The number of nitrogens with two attached hydrogens (primary N) is 1. The molecule has 100 valence electrons. The smallest absolute Gasteiger partial charge is 0.219 e. The lowest BCUT2D eigenvalue weighted by Gasteiger charge is -2.10. The van der Waals surface area contributed by atoms with Crippen LogP contribution in [-0.2, 0) is 6.42 Å². The van der Waals surface area contributed by atoms with Crippen molar-refractivity contribution >= 4 is 0 Å². The molecule has 0 aliphatic heterocycles. The van der Waals surface area contributed by atoms with Crippen molar-refractivity contribution < 1.29 is 4.74 Å². The molecule has 1 heterocycles. The topological polar surface area (TPSA) is 48.1 Å². The molecule has 2 rings (SSSR count). The lowest BCUT2D eigenvalue weighted by molar-refractivity contribution is 0.458. The summed E-state index contributed by atoms with van der Waals surface area (Å²) in [5.41, 5.74) is 9.17. The fourth-order valence-corrected chi connectivity index (χ4v) is 1.89. The summed E-state index contributed by atoms with van der Waals surface area (Å²) in [6, 6.07) is 10.2. The van der Waals surface area contributed by atoms with Crippen LogP contribution < -0.4 is 10.5 Å². The molecule has 0 amide bonds. The Kier molecular flexibility index (Phi) is 4.17. The second kappa shape index (κ2) is 5.85. The molecule has 0 bridgehead atoms. The van der Waals surface area contributed by atoms with E-state index in [4.69, 9.17) is 10.5 Å². The largest absolute Gasteiger partial charge is 0.439 e. The predicted octanol–water partition coefficient (Wildman–Crippen LogP) is 3.38. The molecule has 19 heavy (non-hydrogen) atoms. The minimum atomic E-state index is 0.146. The van der Waals surface area contributed by atoms with Crippen LogP contribution in [0.4, 0.5) is 0 Å². The third-order valence-electron chi connectivity index (χ3n) is 2.91. The van der Waals surface area contributed by atoms with Gasteiger partial charge >= 0.3 is 0 Å². The van der Waals surface area contributed by atoms with Gasteiger partial charge in [-0.3, -0.25) is 0 Å². The maximum absolute atomic E-state index is 5.81. The second-order valence-electron chi connectivity index (χ2n) is 5.06. The first-order chi connectivity index (χ1) is 9.04. The first-order valence-electron chi connectivity index (χ1n) is 6.50. The van der Waals surface area contributed by atoms with Gasteiger partial charge < -0.3 is 10.5 Å². The van der Waals surface area contributed by atoms with Gasteiger partial charge in [0.1, 0.15) is 5.75 Å². The third kappa shape index (κ3) is 3.80. The quantitative estimate of drug-likeness (QED) is 0.912. The Hall–Kier alpha value is -1.87. The zero-order valence-corrected chi connectivity index (χ0v) is 11.7.